The van der Waals surface area contributed by atoms with Gasteiger partial charge in [0.05, 0.1) is 15.5 Å². The number of carbonyl (C=O) groups is 1. The summed E-state index contributed by atoms with van der Waals surface area (Å²) in [6, 6.07) is 17.7. The number of halogens is 1. The number of amides is 1. The van der Waals surface area contributed by atoms with E-state index in [2.05, 4.69) is 15.0 Å². The molecular weight excluding hydrogens is 500 g/mol. The Morgan fingerprint density at radius 2 is 1.74 bits per heavy atom. The molecule has 1 amide bonds. The second-order valence-corrected chi connectivity index (χ2v) is 9.91. The molecule has 1 aromatic heterocycles. The number of sulfonamides is 1. The first-order chi connectivity index (χ1) is 16.2. The van der Waals surface area contributed by atoms with Crippen molar-refractivity contribution in [3.63, 3.8) is 0 Å². The summed E-state index contributed by atoms with van der Waals surface area (Å²) in [4.78, 5) is 27.4. The minimum Gasteiger partial charge on any atom is -0.298 e. The van der Waals surface area contributed by atoms with Crippen LogP contribution in [-0.2, 0) is 10.0 Å². The molecule has 0 bridgehead atoms. The molecule has 0 aliphatic rings. The number of non-ortho nitro benzene ring substituents is 1. The molecule has 3 aromatic carbocycles. The standard InChI is InChI=1S/C22H15ClN4O5S2/c23-16-6-10-19(11-7-16)34(31,32)26-17-3-1-2-15(12-17)21(28)25-22-24-20(13-33-22)14-4-8-18(9-5-14)27(29)30/h1-13,26H,(H,24,25,28). The number of rotatable bonds is 7. The summed E-state index contributed by atoms with van der Waals surface area (Å²) in [5, 5.41) is 15.9. The number of hydrogen-bond acceptors (Lipinski definition) is 7. The topological polar surface area (TPSA) is 131 Å². The third kappa shape index (κ3) is 5.39. The Bertz CT molecular complexity index is 1470. The zero-order valence-electron chi connectivity index (χ0n) is 17.1. The summed E-state index contributed by atoms with van der Waals surface area (Å²) < 4.78 is 27.6. The van der Waals surface area contributed by atoms with Gasteiger partial charge in [0.2, 0.25) is 0 Å². The van der Waals surface area contributed by atoms with Crippen LogP contribution in [0.4, 0.5) is 16.5 Å². The molecule has 0 radical (unpaired) electrons. The van der Waals surface area contributed by atoms with Crippen molar-refractivity contribution >= 4 is 55.4 Å². The largest absolute Gasteiger partial charge is 0.298 e. The lowest BCUT2D eigenvalue weighted by atomic mass is 10.1. The molecule has 2 N–H and O–H groups in total. The summed E-state index contributed by atoms with van der Waals surface area (Å²) >= 11 is 7.00. The Hall–Kier alpha value is -3.80. The van der Waals surface area contributed by atoms with Gasteiger partial charge in [0.15, 0.2) is 5.13 Å². The van der Waals surface area contributed by atoms with Gasteiger partial charge in [-0.05, 0) is 54.6 Å². The highest BCUT2D eigenvalue weighted by Crippen LogP contribution is 2.27. The summed E-state index contributed by atoms with van der Waals surface area (Å²) in [6.07, 6.45) is 0. The number of aromatic nitrogens is 1. The highest BCUT2D eigenvalue weighted by Gasteiger charge is 2.16. The minimum atomic E-state index is -3.86. The van der Waals surface area contributed by atoms with E-state index < -0.39 is 20.9 Å². The van der Waals surface area contributed by atoms with Gasteiger partial charge in [-0.3, -0.25) is 24.9 Å². The van der Waals surface area contributed by atoms with E-state index in [1.165, 1.54) is 59.9 Å². The van der Waals surface area contributed by atoms with Crippen molar-refractivity contribution in [2.45, 2.75) is 4.90 Å². The SMILES string of the molecule is O=C(Nc1nc(-c2ccc([N+](=O)[O-])cc2)cs1)c1cccc(NS(=O)(=O)c2ccc(Cl)cc2)c1. The van der Waals surface area contributed by atoms with E-state index in [9.17, 15) is 23.3 Å². The van der Waals surface area contributed by atoms with E-state index in [1.54, 1.807) is 29.6 Å². The molecule has 4 rings (SSSR count). The van der Waals surface area contributed by atoms with E-state index >= 15 is 0 Å². The molecule has 0 aliphatic carbocycles. The summed E-state index contributed by atoms with van der Waals surface area (Å²) in [7, 11) is -3.86. The number of carbonyl (C=O) groups excluding carboxylic acids is 1. The van der Waals surface area contributed by atoms with Gasteiger partial charge < -0.3 is 0 Å². The van der Waals surface area contributed by atoms with Crippen molar-refractivity contribution in [3.05, 3.63) is 98.9 Å². The van der Waals surface area contributed by atoms with Crippen LogP contribution in [0.25, 0.3) is 11.3 Å². The maximum atomic E-state index is 12.7. The quantitative estimate of drug-likeness (QED) is 0.250. The number of thiazole rings is 1. The van der Waals surface area contributed by atoms with Crippen molar-refractivity contribution in [2.75, 3.05) is 10.0 Å². The van der Waals surface area contributed by atoms with Crippen LogP contribution in [-0.4, -0.2) is 24.2 Å². The van der Waals surface area contributed by atoms with E-state index in [0.29, 0.717) is 21.4 Å². The van der Waals surface area contributed by atoms with E-state index in [-0.39, 0.29) is 21.8 Å². The molecule has 1 heterocycles. The predicted octanol–water partition coefficient (Wildman–Crippen LogP) is 5.42. The maximum absolute atomic E-state index is 12.7. The van der Waals surface area contributed by atoms with E-state index in [4.69, 9.17) is 11.6 Å². The van der Waals surface area contributed by atoms with Crippen molar-refractivity contribution in [2.24, 2.45) is 0 Å². The number of nitrogens with zero attached hydrogens (tertiary/aromatic N) is 2. The Morgan fingerprint density at radius 1 is 1.03 bits per heavy atom. The first-order valence-corrected chi connectivity index (χ1v) is 12.4. The van der Waals surface area contributed by atoms with Crippen LogP contribution in [0.5, 0.6) is 0 Å². The third-order valence-electron chi connectivity index (χ3n) is 4.60. The normalized spacial score (nSPS) is 11.1. The van der Waals surface area contributed by atoms with Gasteiger partial charge >= 0.3 is 0 Å². The number of benzene rings is 3. The van der Waals surface area contributed by atoms with Gasteiger partial charge in [0.1, 0.15) is 0 Å². The van der Waals surface area contributed by atoms with Crippen molar-refractivity contribution in [3.8, 4) is 11.3 Å². The first kappa shape index (κ1) is 23.4. The fourth-order valence-electron chi connectivity index (χ4n) is 2.94. The Labute approximate surface area is 203 Å². The Kier molecular flexibility index (Phi) is 6.59. The number of anilines is 2. The van der Waals surface area contributed by atoms with Gasteiger partial charge in [0.25, 0.3) is 21.6 Å². The average molecular weight is 515 g/mol. The number of nitrogens with one attached hydrogen (secondary N) is 2. The van der Waals surface area contributed by atoms with Gasteiger partial charge in [-0.2, -0.15) is 0 Å². The lowest BCUT2D eigenvalue weighted by molar-refractivity contribution is -0.384. The van der Waals surface area contributed by atoms with Crippen LogP contribution in [0.1, 0.15) is 10.4 Å². The smallest absolute Gasteiger partial charge is 0.269 e. The van der Waals surface area contributed by atoms with E-state index in [1.807, 2.05) is 0 Å². The van der Waals surface area contributed by atoms with Crippen LogP contribution < -0.4 is 10.0 Å². The molecule has 4 aromatic rings. The fraction of sp³-hybridized carbons (Fsp3) is 0. The molecule has 34 heavy (non-hydrogen) atoms. The van der Waals surface area contributed by atoms with Crippen LogP contribution >= 0.6 is 22.9 Å². The van der Waals surface area contributed by atoms with Crippen molar-refractivity contribution in [1.82, 2.24) is 4.98 Å². The molecule has 0 saturated carbocycles. The highest BCUT2D eigenvalue weighted by atomic mass is 35.5. The fourth-order valence-corrected chi connectivity index (χ4v) is 4.83. The summed E-state index contributed by atoms with van der Waals surface area (Å²) in [5.41, 5.74) is 1.64. The van der Waals surface area contributed by atoms with Crippen LogP contribution in [0.15, 0.2) is 83.1 Å². The third-order valence-corrected chi connectivity index (χ3v) is 7.01. The molecule has 0 saturated heterocycles. The highest BCUT2D eigenvalue weighted by molar-refractivity contribution is 7.92. The van der Waals surface area contributed by atoms with E-state index in [0.717, 1.165) is 0 Å². The summed E-state index contributed by atoms with van der Waals surface area (Å²) in [5.74, 6) is -0.475. The molecule has 0 unspecified atom stereocenters. The molecule has 0 fully saturated rings. The van der Waals surface area contributed by atoms with Gasteiger partial charge in [0, 0.05) is 39.3 Å². The first-order valence-electron chi connectivity index (χ1n) is 9.61. The van der Waals surface area contributed by atoms with Crippen molar-refractivity contribution < 1.29 is 18.1 Å². The minimum absolute atomic E-state index is 0.0286. The second-order valence-electron chi connectivity index (χ2n) is 6.94. The van der Waals surface area contributed by atoms with Gasteiger partial charge in [-0.15, -0.1) is 11.3 Å². The lowest BCUT2D eigenvalue weighted by Gasteiger charge is -2.09. The molecule has 0 atom stereocenters. The average Bonchev–Trinajstić information content (AvgIpc) is 3.28. The molecule has 172 valence electrons. The Morgan fingerprint density at radius 3 is 2.41 bits per heavy atom. The monoisotopic (exact) mass is 514 g/mol. The predicted molar refractivity (Wildman–Crippen MR) is 131 cm³/mol. The van der Waals surface area contributed by atoms with Crippen LogP contribution in [0.3, 0.4) is 0 Å². The molecule has 0 aliphatic heterocycles. The molecule has 9 nitrogen and oxygen atoms in total. The molecule has 12 heteroatoms. The van der Waals surface area contributed by atoms with Gasteiger partial charge in [-0.1, -0.05) is 17.7 Å². The summed E-state index contributed by atoms with van der Waals surface area (Å²) in [6.45, 7) is 0. The number of nitro groups is 1. The zero-order chi connectivity index (χ0) is 24.3. The lowest BCUT2D eigenvalue weighted by Crippen LogP contribution is -2.15. The molecule has 0 spiro atoms. The Balaban J connectivity index is 1.47. The second kappa shape index (κ2) is 9.59. The van der Waals surface area contributed by atoms with Crippen molar-refractivity contribution in [1.29, 1.82) is 0 Å². The zero-order valence-corrected chi connectivity index (χ0v) is 19.5. The molecular formula is C22H15ClN4O5S2. The maximum Gasteiger partial charge on any atom is 0.269 e. The number of nitro benzene ring substituents is 1. The number of hydrogen-bond donors (Lipinski definition) is 2. The van der Waals surface area contributed by atoms with Gasteiger partial charge in [-0.25, -0.2) is 13.4 Å². The van der Waals surface area contributed by atoms with Crippen LogP contribution in [0, 0.1) is 10.1 Å². The van der Waals surface area contributed by atoms with Crippen LogP contribution in [0.2, 0.25) is 5.02 Å².